The van der Waals surface area contributed by atoms with Crippen LogP contribution >= 0.6 is 11.6 Å². The predicted octanol–water partition coefficient (Wildman–Crippen LogP) is 3.84. The van der Waals surface area contributed by atoms with Gasteiger partial charge in [0, 0.05) is 18.9 Å². The van der Waals surface area contributed by atoms with Crippen molar-refractivity contribution in [1.29, 1.82) is 0 Å². The lowest BCUT2D eigenvalue weighted by molar-refractivity contribution is 0.0735. The van der Waals surface area contributed by atoms with E-state index in [0.717, 1.165) is 18.9 Å². The van der Waals surface area contributed by atoms with Crippen LogP contribution in [0.4, 0.5) is 8.78 Å². The maximum absolute atomic E-state index is 14.3. The summed E-state index contributed by atoms with van der Waals surface area (Å²) in [4.78, 5) is 4.41. The van der Waals surface area contributed by atoms with E-state index in [1.165, 1.54) is 6.07 Å². The second-order valence-corrected chi connectivity index (χ2v) is 5.74. The zero-order chi connectivity index (χ0) is 15.0. The van der Waals surface area contributed by atoms with Crippen LogP contribution in [-0.2, 0) is 11.2 Å². The summed E-state index contributed by atoms with van der Waals surface area (Å²) >= 11 is 5.82. The van der Waals surface area contributed by atoms with Gasteiger partial charge in [0.2, 0.25) is 0 Å². The monoisotopic (exact) mass is 314 g/mol. The van der Waals surface area contributed by atoms with Gasteiger partial charge in [0.05, 0.1) is 17.7 Å². The van der Waals surface area contributed by atoms with Crippen LogP contribution in [0.5, 0.6) is 0 Å². The Hall–Kier alpha value is -1.20. The van der Waals surface area contributed by atoms with Crippen LogP contribution in [0, 0.1) is 11.6 Å². The van der Waals surface area contributed by atoms with E-state index in [0.29, 0.717) is 30.2 Å². The van der Waals surface area contributed by atoms with Gasteiger partial charge in [-0.2, -0.15) is 0 Å². The van der Waals surface area contributed by atoms with E-state index in [9.17, 15) is 8.78 Å². The van der Waals surface area contributed by atoms with Gasteiger partial charge in [-0.3, -0.25) is 0 Å². The number of rotatable bonds is 4. The van der Waals surface area contributed by atoms with Crippen molar-refractivity contribution in [2.24, 2.45) is 0 Å². The lowest BCUT2D eigenvalue weighted by Crippen LogP contribution is -2.23. The van der Waals surface area contributed by atoms with Crippen LogP contribution in [0.15, 0.2) is 12.1 Å². The van der Waals surface area contributed by atoms with Crippen molar-refractivity contribution in [3.05, 3.63) is 29.6 Å². The highest BCUT2D eigenvalue weighted by Gasteiger charge is 2.28. The summed E-state index contributed by atoms with van der Waals surface area (Å²) in [7, 11) is 0. The van der Waals surface area contributed by atoms with Crippen LogP contribution in [0.2, 0.25) is 0 Å². The molecule has 1 aliphatic rings. The first-order chi connectivity index (χ1) is 10.1. The van der Waals surface area contributed by atoms with Gasteiger partial charge in [-0.05, 0) is 31.9 Å². The molecule has 2 heterocycles. The maximum Gasteiger partial charge on any atom is 0.184 e. The lowest BCUT2D eigenvalue weighted by atomic mass is 10.1. The first-order valence-corrected chi connectivity index (χ1v) is 7.69. The molecule has 0 amide bonds. The minimum atomic E-state index is -0.861. The molecular weight excluding hydrogens is 298 g/mol. The highest BCUT2D eigenvalue weighted by Crippen LogP contribution is 2.31. The summed E-state index contributed by atoms with van der Waals surface area (Å²) in [6.45, 7) is 2.67. The van der Waals surface area contributed by atoms with E-state index < -0.39 is 11.6 Å². The molecule has 114 valence electrons. The second kappa shape index (κ2) is 5.89. The number of imidazole rings is 1. The van der Waals surface area contributed by atoms with Crippen molar-refractivity contribution in [3.63, 3.8) is 0 Å². The maximum atomic E-state index is 14.3. The van der Waals surface area contributed by atoms with E-state index in [4.69, 9.17) is 16.3 Å². The Kier molecular flexibility index (Phi) is 4.13. The average molecular weight is 315 g/mol. The summed E-state index contributed by atoms with van der Waals surface area (Å²) < 4.78 is 35.3. The predicted molar refractivity (Wildman–Crippen MR) is 77.8 cm³/mol. The van der Waals surface area contributed by atoms with Gasteiger partial charge in [0.15, 0.2) is 11.6 Å². The Morgan fingerprint density at radius 3 is 2.95 bits per heavy atom. The van der Waals surface area contributed by atoms with Gasteiger partial charge in [-0.25, -0.2) is 13.8 Å². The molecule has 0 aliphatic carbocycles. The third-order valence-corrected chi connectivity index (χ3v) is 4.23. The number of aromatic nitrogens is 2. The molecule has 2 unspecified atom stereocenters. The molecule has 0 bridgehead atoms. The second-order valence-electron chi connectivity index (χ2n) is 5.36. The molecule has 21 heavy (non-hydrogen) atoms. The fourth-order valence-corrected chi connectivity index (χ4v) is 3.19. The quantitative estimate of drug-likeness (QED) is 0.802. The number of nitrogens with zero attached hydrogens (tertiary/aromatic N) is 2. The number of alkyl halides is 1. The van der Waals surface area contributed by atoms with Crippen molar-refractivity contribution in [1.82, 2.24) is 9.55 Å². The Labute approximate surface area is 126 Å². The largest absolute Gasteiger partial charge is 0.376 e. The average Bonchev–Trinajstić information content (AvgIpc) is 3.10. The number of hydrogen-bond acceptors (Lipinski definition) is 2. The number of fused-ring (bicyclic) bond motifs is 1. The van der Waals surface area contributed by atoms with Gasteiger partial charge >= 0.3 is 0 Å². The van der Waals surface area contributed by atoms with Gasteiger partial charge in [0.1, 0.15) is 11.3 Å². The molecule has 0 N–H and O–H groups in total. The van der Waals surface area contributed by atoms with Gasteiger partial charge in [-0.15, -0.1) is 11.6 Å². The third-order valence-electron chi connectivity index (χ3n) is 4.04. The van der Waals surface area contributed by atoms with E-state index in [-0.39, 0.29) is 17.7 Å². The van der Waals surface area contributed by atoms with Gasteiger partial charge < -0.3 is 9.30 Å². The van der Waals surface area contributed by atoms with Crippen LogP contribution < -0.4 is 0 Å². The normalized spacial score (nSPS) is 20.3. The summed E-state index contributed by atoms with van der Waals surface area (Å²) in [5.41, 5.74) is 0.664. The van der Waals surface area contributed by atoms with Crippen LogP contribution in [0.3, 0.4) is 0 Å². The van der Waals surface area contributed by atoms with E-state index >= 15 is 0 Å². The first kappa shape index (κ1) is 14.7. The molecule has 6 heteroatoms. The topological polar surface area (TPSA) is 27.1 Å². The van der Waals surface area contributed by atoms with Crippen molar-refractivity contribution >= 4 is 22.6 Å². The summed E-state index contributed by atoms with van der Waals surface area (Å²) in [5, 5.41) is 0. The van der Waals surface area contributed by atoms with Crippen LogP contribution in [0.1, 0.15) is 31.6 Å². The van der Waals surface area contributed by atoms with E-state index in [1.54, 1.807) is 4.57 Å². The molecule has 1 saturated heterocycles. The van der Waals surface area contributed by atoms with Gasteiger partial charge in [0.25, 0.3) is 0 Å². The number of aryl methyl sites for hydroxylation is 1. The molecular formula is C15H17ClF2N2O. The summed E-state index contributed by atoms with van der Waals surface area (Å²) in [6.07, 6.45) is 2.41. The minimum absolute atomic E-state index is 0.000794. The molecule has 0 spiro atoms. The molecule has 1 aromatic heterocycles. The summed E-state index contributed by atoms with van der Waals surface area (Å²) in [6, 6.07) is 2.51. The molecule has 0 saturated carbocycles. The molecule has 2 atom stereocenters. The number of ether oxygens (including phenoxy) is 1. The third kappa shape index (κ3) is 2.53. The van der Waals surface area contributed by atoms with Crippen molar-refractivity contribution in [2.45, 2.75) is 38.3 Å². The molecule has 3 nitrogen and oxygen atoms in total. The summed E-state index contributed by atoms with van der Waals surface area (Å²) in [5.74, 6) is -0.662. The fourth-order valence-electron chi connectivity index (χ4n) is 3.02. The lowest BCUT2D eigenvalue weighted by Gasteiger charge is -2.23. The number of benzene rings is 1. The molecule has 1 aromatic carbocycles. The zero-order valence-electron chi connectivity index (χ0n) is 11.8. The molecule has 3 rings (SSSR count). The van der Waals surface area contributed by atoms with E-state index in [2.05, 4.69) is 4.98 Å². The zero-order valence-corrected chi connectivity index (χ0v) is 12.5. The van der Waals surface area contributed by atoms with Crippen molar-refractivity contribution in [2.75, 3.05) is 12.5 Å². The SMILES string of the molecule is CC(C1CCCO1)n1c(CCCl)nc2ccc(F)c(F)c21. The fraction of sp³-hybridized carbons (Fsp3) is 0.533. The van der Waals surface area contributed by atoms with Gasteiger partial charge in [-0.1, -0.05) is 0 Å². The molecule has 1 aliphatic heterocycles. The smallest absolute Gasteiger partial charge is 0.184 e. The van der Waals surface area contributed by atoms with Crippen molar-refractivity contribution in [3.8, 4) is 0 Å². The highest BCUT2D eigenvalue weighted by atomic mass is 35.5. The van der Waals surface area contributed by atoms with Crippen LogP contribution in [0.25, 0.3) is 11.0 Å². The van der Waals surface area contributed by atoms with E-state index in [1.807, 2.05) is 6.92 Å². The Morgan fingerprint density at radius 1 is 1.48 bits per heavy atom. The Morgan fingerprint density at radius 2 is 2.29 bits per heavy atom. The Balaban J connectivity index is 2.16. The minimum Gasteiger partial charge on any atom is -0.376 e. The Bertz CT molecular complexity index is 653. The standard InChI is InChI=1S/C15H17ClF2N2O/c1-9(12-3-2-8-21-12)20-13(6-7-16)19-11-5-4-10(17)14(18)15(11)20/h4-5,9,12H,2-3,6-8H2,1H3. The van der Waals surface area contributed by atoms with Crippen LogP contribution in [-0.4, -0.2) is 28.1 Å². The highest BCUT2D eigenvalue weighted by molar-refractivity contribution is 6.17. The first-order valence-electron chi connectivity index (χ1n) is 7.16. The van der Waals surface area contributed by atoms with Crippen molar-refractivity contribution < 1.29 is 13.5 Å². The molecule has 2 aromatic rings. The number of halogens is 3. The molecule has 0 radical (unpaired) electrons. The number of hydrogen-bond donors (Lipinski definition) is 0. The molecule has 1 fully saturated rings.